The van der Waals surface area contributed by atoms with Gasteiger partial charge in [0.05, 0.1) is 18.7 Å². The highest BCUT2D eigenvalue weighted by Gasteiger charge is 2.21. The van der Waals surface area contributed by atoms with E-state index in [0.717, 1.165) is 5.82 Å². The molecule has 0 saturated carbocycles. The number of anilines is 1. The van der Waals surface area contributed by atoms with Crippen molar-refractivity contribution in [2.45, 2.75) is 0 Å². The van der Waals surface area contributed by atoms with Gasteiger partial charge in [0.2, 0.25) is 0 Å². The predicted molar refractivity (Wildman–Crippen MR) is 82.7 cm³/mol. The summed E-state index contributed by atoms with van der Waals surface area (Å²) in [4.78, 5) is 19.5. The first-order chi connectivity index (χ1) is 10.7. The van der Waals surface area contributed by atoms with Gasteiger partial charge in [0, 0.05) is 13.1 Å². The number of carbonyl (C=O) groups is 1. The van der Waals surface area contributed by atoms with Crippen LogP contribution in [0.5, 0.6) is 0 Å². The minimum Gasteiger partial charge on any atom is -0.364 e. The lowest BCUT2D eigenvalue weighted by atomic mass is 10.2. The van der Waals surface area contributed by atoms with Crippen molar-refractivity contribution in [1.82, 2.24) is 15.3 Å². The number of halogens is 1. The number of benzene rings is 1. The molecule has 0 spiro atoms. The molecular weight excluding hydrogens is 304 g/mol. The lowest BCUT2D eigenvalue weighted by molar-refractivity contribution is -0.112. The Bertz CT molecular complexity index is 628. The summed E-state index contributed by atoms with van der Waals surface area (Å²) in [6, 6.07) is 12.5. The summed E-state index contributed by atoms with van der Waals surface area (Å²) >= 11 is 5.73. The molecule has 114 valence electrons. The molecule has 0 amide bonds. The van der Waals surface area contributed by atoms with E-state index in [0.29, 0.717) is 36.9 Å². The van der Waals surface area contributed by atoms with Crippen molar-refractivity contribution in [1.29, 1.82) is 0 Å². The normalized spacial score (nSPS) is 15.6. The van der Waals surface area contributed by atoms with Crippen molar-refractivity contribution < 1.29 is 9.63 Å². The summed E-state index contributed by atoms with van der Waals surface area (Å²) in [6.07, 6.45) is 0. The lowest BCUT2D eigenvalue weighted by Crippen LogP contribution is -2.47. The predicted octanol–water partition coefficient (Wildman–Crippen LogP) is 2.02. The van der Waals surface area contributed by atoms with Gasteiger partial charge in [0.1, 0.15) is 0 Å². The topological polar surface area (TPSA) is 58.6 Å². The van der Waals surface area contributed by atoms with E-state index >= 15 is 0 Å². The number of rotatable bonds is 3. The number of carbonyl (C=O) groups excluding carboxylic acids is 1. The van der Waals surface area contributed by atoms with Gasteiger partial charge >= 0.3 is 5.97 Å². The van der Waals surface area contributed by atoms with E-state index in [9.17, 15) is 4.79 Å². The minimum atomic E-state index is -0.333. The van der Waals surface area contributed by atoms with Crippen molar-refractivity contribution in [2.24, 2.45) is 0 Å². The van der Waals surface area contributed by atoms with Gasteiger partial charge < -0.3 is 9.74 Å². The number of piperazine rings is 1. The number of hydrogen-bond donors (Lipinski definition) is 0. The molecule has 0 unspecified atom stereocenters. The molecule has 0 atom stereocenters. The quantitative estimate of drug-likeness (QED) is 0.863. The molecule has 2 aromatic rings. The van der Waals surface area contributed by atoms with Gasteiger partial charge in [0.15, 0.2) is 11.0 Å². The third-order valence-corrected chi connectivity index (χ3v) is 3.60. The molecule has 7 heteroatoms. The Morgan fingerprint density at radius 2 is 1.73 bits per heavy atom. The van der Waals surface area contributed by atoms with Gasteiger partial charge in [-0.15, -0.1) is 15.3 Å². The Morgan fingerprint density at radius 3 is 2.36 bits per heavy atom. The van der Waals surface area contributed by atoms with Gasteiger partial charge in [0.25, 0.3) is 0 Å². The summed E-state index contributed by atoms with van der Waals surface area (Å²) in [7, 11) is 0. The third-order valence-electron chi connectivity index (χ3n) is 3.40. The molecule has 6 nitrogen and oxygen atoms in total. The Hall–Kier alpha value is -2.18. The first-order valence-corrected chi connectivity index (χ1v) is 7.36. The summed E-state index contributed by atoms with van der Waals surface area (Å²) in [5, 5.41) is 9.94. The summed E-state index contributed by atoms with van der Waals surface area (Å²) in [5.74, 6) is 0.443. The molecule has 1 saturated heterocycles. The molecular formula is C15H15ClN4O2. The molecule has 1 aliphatic rings. The second-order valence-electron chi connectivity index (χ2n) is 4.88. The molecule has 0 bridgehead atoms. The van der Waals surface area contributed by atoms with E-state index in [1.165, 1.54) is 0 Å². The lowest BCUT2D eigenvalue weighted by Gasteiger charge is -2.33. The first kappa shape index (κ1) is 14.7. The van der Waals surface area contributed by atoms with Crippen molar-refractivity contribution in [3.63, 3.8) is 0 Å². The number of hydroxylamine groups is 2. The second kappa shape index (κ2) is 6.72. The average molecular weight is 319 g/mol. The van der Waals surface area contributed by atoms with E-state index < -0.39 is 0 Å². The van der Waals surface area contributed by atoms with Gasteiger partial charge in [-0.05, 0) is 24.3 Å². The molecule has 1 aromatic heterocycles. The summed E-state index contributed by atoms with van der Waals surface area (Å²) in [6.45, 7) is 2.64. The molecule has 1 fully saturated rings. The van der Waals surface area contributed by atoms with Crippen LogP contribution in [0, 0.1) is 0 Å². The fourth-order valence-corrected chi connectivity index (χ4v) is 2.33. The molecule has 0 radical (unpaired) electrons. The van der Waals surface area contributed by atoms with Gasteiger partial charge in [-0.3, -0.25) is 0 Å². The largest absolute Gasteiger partial charge is 0.364 e. The summed E-state index contributed by atoms with van der Waals surface area (Å²) in [5.41, 5.74) is 0.550. The number of hydrogen-bond acceptors (Lipinski definition) is 6. The maximum Gasteiger partial charge on any atom is 0.357 e. The van der Waals surface area contributed by atoms with Crippen LogP contribution < -0.4 is 4.90 Å². The highest BCUT2D eigenvalue weighted by Crippen LogP contribution is 2.15. The first-order valence-electron chi connectivity index (χ1n) is 6.99. The third kappa shape index (κ3) is 3.52. The molecule has 0 aliphatic carbocycles. The molecule has 0 N–H and O–H groups in total. The smallest absolute Gasteiger partial charge is 0.357 e. The van der Waals surface area contributed by atoms with Gasteiger partial charge in [-0.1, -0.05) is 29.8 Å². The van der Waals surface area contributed by atoms with Crippen LogP contribution in [0.1, 0.15) is 10.4 Å². The maximum absolute atomic E-state index is 12.0. The Labute approximate surface area is 133 Å². The Balaban J connectivity index is 1.53. The monoisotopic (exact) mass is 318 g/mol. The van der Waals surface area contributed by atoms with Crippen LogP contribution >= 0.6 is 11.6 Å². The zero-order valence-electron chi connectivity index (χ0n) is 11.9. The van der Waals surface area contributed by atoms with Crippen LogP contribution in [-0.2, 0) is 4.84 Å². The van der Waals surface area contributed by atoms with E-state index in [1.807, 2.05) is 24.3 Å². The van der Waals surface area contributed by atoms with Crippen LogP contribution in [0.25, 0.3) is 0 Å². The Kier molecular flexibility index (Phi) is 4.50. The van der Waals surface area contributed by atoms with E-state index in [-0.39, 0.29) is 5.97 Å². The van der Waals surface area contributed by atoms with Crippen molar-refractivity contribution in [2.75, 3.05) is 31.1 Å². The zero-order valence-corrected chi connectivity index (χ0v) is 12.6. The minimum absolute atomic E-state index is 0.333. The van der Waals surface area contributed by atoms with Crippen molar-refractivity contribution in [3.05, 3.63) is 53.2 Å². The van der Waals surface area contributed by atoms with Crippen molar-refractivity contribution >= 4 is 23.4 Å². The fourth-order valence-electron chi connectivity index (χ4n) is 2.23. The van der Waals surface area contributed by atoms with Crippen molar-refractivity contribution in [3.8, 4) is 0 Å². The van der Waals surface area contributed by atoms with Crippen LogP contribution in [0.2, 0.25) is 5.15 Å². The molecule has 2 heterocycles. The standard InChI is InChI=1S/C15H15ClN4O2/c16-13-6-7-14(18-17-13)19-8-10-20(11-9-19)22-15(21)12-4-2-1-3-5-12/h1-7H,8-11H2. The highest BCUT2D eigenvalue weighted by atomic mass is 35.5. The van der Waals surface area contributed by atoms with Crippen LogP contribution in [0.4, 0.5) is 5.82 Å². The highest BCUT2D eigenvalue weighted by molar-refractivity contribution is 6.29. The molecule has 22 heavy (non-hydrogen) atoms. The van der Waals surface area contributed by atoms with Gasteiger partial charge in [-0.25, -0.2) is 4.79 Å². The van der Waals surface area contributed by atoms with Gasteiger partial charge in [-0.2, -0.15) is 0 Å². The molecule has 1 aromatic carbocycles. The average Bonchev–Trinajstić information content (AvgIpc) is 2.57. The maximum atomic E-state index is 12.0. The van der Waals surface area contributed by atoms with E-state index in [4.69, 9.17) is 16.4 Å². The van der Waals surface area contributed by atoms with Crippen LogP contribution in [-0.4, -0.2) is 47.4 Å². The van der Waals surface area contributed by atoms with E-state index in [2.05, 4.69) is 15.1 Å². The zero-order chi connectivity index (χ0) is 15.4. The number of aromatic nitrogens is 2. The van der Waals surface area contributed by atoms with Crippen LogP contribution in [0.15, 0.2) is 42.5 Å². The summed E-state index contributed by atoms with van der Waals surface area (Å²) < 4.78 is 0. The molecule has 3 rings (SSSR count). The SMILES string of the molecule is O=C(ON1CCN(c2ccc(Cl)nn2)CC1)c1ccccc1. The fraction of sp³-hybridized carbons (Fsp3) is 0.267. The second-order valence-corrected chi connectivity index (χ2v) is 5.26. The Morgan fingerprint density at radius 1 is 1.00 bits per heavy atom. The number of nitrogens with zero attached hydrogens (tertiary/aromatic N) is 4. The van der Waals surface area contributed by atoms with E-state index in [1.54, 1.807) is 23.3 Å². The van der Waals surface area contributed by atoms with Crippen LogP contribution in [0.3, 0.4) is 0 Å². The molecule has 1 aliphatic heterocycles.